The summed E-state index contributed by atoms with van der Waals surface area (Å²) in [6, 6.07) is 6.66. The fraction of sp³-hybridized carbons (Fsp3) is 0.500. The molecule has 0 bridgehead atoms. The summed E-state index contributed by atoms with van der Waals surface area (Å²) in [6.07, 6.45) is 2.82. The second-order valence-electron chi connectivity index (χ2n) is 6.96. The molecule has 0 aliphatic rings. The molecule has 142 valence electrons. The van der Waals surface area contributed by atoms with E-state index in [4.69, 9.17) is 4.42 Å². The molecule has 0 aliphatic carbocycles. The smallest absolute Gasteiger partial charge is 0.336 e. The molecule has 0 aliphatic heterocycles. The van der Waals surface area contributed by atoms with Crippen LogP contribution in [-0.4, -0.2) is 25.2 Å². The van der Waals surface area contributed by atoms with Crippen molar-refractivity contribution in [3.8, 4) is 0 Å². The number of carbonyl (C=O) groups is 1. The molecular weight excluding hydrogens is 352 g/mol. The van der Waals surface area contributed by atoms with Gasteiger partial charge in [0.25, 0.3) is 0 Å². The Morgan fingerprint density at radius 3 is 2.50 bits per heavy atom. The van der Waals surface area contributed by atoms with Gasteiger partial charge in [-0.3, -0.25) is 4.79 Å². The number of hydrogen-bond acceptors (Lipinski definition) is 5. The van der Waals surface area contributed by atoms with E-state index in [9.17, 15) is 18.0 Å². The van der Waals surface area contributed by atoms with Gasteiger partial charge in [-0.05, 0) is 56.9 Å². The third-order valence-corrected chi connectivity index (χ3v) is 6.97. The molecule has 0 saturated heterocycles. The first-order valence-electron chi connectivity index (χ1n) is 8.96. The summed E-state index contributed by atoms with van der Waals surface area (Å²) in [6.45, 7) is 5.30. The highest BCUT2D eigenvalue weighted by molar-refractivity contribution is 7.91. The predicted octanol–water partition coefficient (Wildman–Crippen LogP) is 3.60. The quantitative estimate of drug-likeness (QED) is 0.492. The Bertz CT molecular complexity index is 938. The lowest BCUT2D eigenvalue weighted by molar-refractivity contribution is -0.118. The van der Waals surface area contributed by atoms with Crippen molar-refractivity contribution in [2.45, 2.75) is 58.1 Å². The zero-order valence-corrected chi connectivity index (χ0v) is 16.4. The first kappa shape index (κ1) is 20.4. The largest absolute Gasteiger partial charge is 0.423 e. The first-order chi connectivity index (χ1) is 12.2. The zero-order chi connectivity index (χ0) is 19.3. The summed E-state index contributed by atoms with van der Waals surface area (Å²) in [4.78, 5) is 23.5. The monoisotopic (exact) mass is 378 g/mol. The number of hydrogen-bond donors (Lipinski definition) is 0. The summed E-state index contributed by atoms with van der Waals surface area (Å²) in [7, 11) is -2.99. The molecular formula is C20H26O5S. The topological polar surface area (TPSA) is 81.4 Å². The minimum atomic E-state index is -2.99. The van der Waals surface area contributed by atoms with Crippen LogP contribution in [0.15, 0.2) is 33.5 Å². The highest BCUT2D eigenvalue weighted by Crippen LogP contribution is 2.21. The minimum absolute atomic E-state index is 0.136. The van der Waals surface area contributed by atoms with Crippen molar-refractivity contribution in [1.29, 1.82) is 0 Å². The van der Waals surface area contributed by atoms with Crippen LogP contribution in [0.25, 0.3) is 11.0 Å². The van der Waals surface area contributed by atoms with Crippen molar-refractivity contribution in [3.63, 3.8) is 0 Å². The van der Waals surface area contributed by atoms with Crippen molar-refractivity contribution in [3.05, 3.63) is 45.8 Å². The third kappa shape index (κ3) is 5.27. The van der Waals surface area contributed by atoms with Gasteiger partial charge in [0.05, 0.1) is 11.0 Å². The Morgan fingerprint density at radius 2 is 1.81 bits per heavy atom. The maximum atomic E-state index is 12.2. The molecule has 0 unspecified atom stereocenters. The van der Waals surface area contributed by atoms with Gasteiger partial charge in [0.15, 0.2) is 9.84 Å². The predicted molar refractivity (Wildman–Crippen MR) is 103 cm³/mol. The van der Waals surface area contributed by atoms with Gasteiger partial charge in [0.1, 0.15) is 11.4 Å². The number of benzene rings is 1. The second kappa shape index (κ2) is 8.62. The fourth-order valence-corrected chi connectivity index (χ4v) is 3.95. The highest BCUT2D eigenvalue weighted by atomic mass is 32.2. The molecule has 1 aromatic heterocycles. The number of unbranched alkanes of at least 4 members (excludes halogenated alkanes) is 2. The van der Waals surface area contributed by atoms with E-state index < -0.39 is 9.84 Å². The summed E-state index contributed by atoms with van der Waals surface area (Å²) in [5, 5.41) is 0.498. The van der Waals surface area contributed by atoms with E-state index in [0.29, 0.717) is 31.3 Å². The van der Waals surface area contributed by atoms with Crippen LogP contribution < -0.4 is 5.63 Å². The Labute approximate surface area is 154 Å². The van der Waals surface area contributed by atoms with Gasteiger partial charge in [0, 0.05) is 24.3 Å². The number of aryl methyl sites for hydroxylation is 1. The van der Waals surface area contributed by atoms with Crippen LogP contribution in [0.3, 0.4) is 0 Å². The number of carbonyl (C=O) groups excluding carboxylic acids is 1. The van der Waals surface area contributed by atoms with E-state index in [-0.39, 0.29) is 22.4 Å². The molecule has 0 atom stereocenters. The van der Waals surface area contributed by atoms with Crippen LogP contribution in [0.4, 0.5) is 0 Å². The van der Waals surface area contributed by atoms with Crippen LogP contribution in [0.1, 0.15) is 50.7 Å². The van der Waals surface area contributed by atoms with E-state index in [1.54, 1.807) is 26.0 Å². The van der Waals surface area contributed by atoms with Gasteiger partial charge in [-0.1, -0.05) is 12.5 Å². The van der Waals surface area contributed by atoms with E-state index in [0.717, 1.165) is 22.9 Å². The maximum Gasteiger partial charge on any atom is 0.336 e. The van der Waals surface area contributed by atoms with E-state index in [1.165, 1.54) is 6.07 Å². The molecule has 26 heavy (non-hydrogen) atoms. The van der Waals surface area contributed by atoms with Crippen molar-refractivity contribution in [2.75, 3.05) is 5.75 Å². The summed E-state index contributed by atoms with van der Waals surface area (Å²) in [5.41, 5.74) is 2.01. The van der Waals surface area contributed by atoms with Crippen LogP contribution in [0.2, 0.25) is 0 Å². The Balaban J connectivity index is 1.87. The van der Waals surface area contributed by atoms with Gasteiger partial charge >= 0.3 is 5.63 Å². The van der Waals surface area contributed by atoms with Crippen molar-refractivity contribution >= 4 is 26.6 Å². The molecule has 2 aromatic rings. The van der Waals surface area contributed by atoms with Gasteiger partial charge in [-0.2, -0.15) is 0 Å². The minimum Gasteiger partial charge on any atom is -0.423 e. The van der Waals surface area contributed by atoms with Crippen LogP contribution in [-0.2, 0) is 21.1 Å². The number of Topliss-reactive ketones (excluding diaryl/α,β-unsaturated/α-hetero) is 1. The van der Waals surface area contributed by atoms with Crippen LogP contribution in [0.5, 0.6) is 0 Å². The molecule has 0 N–H and O–H groups in total. The molecule has 1 aromatic carbocycles. The summed E-state index contributed by atoms with van der Waals surface area (Å²) >= 11 is 0. The molecule has 2 rings (SSSR count). The summed E-state index contributed by atoms with van der Waals surface area (Å²) in [5.74, 6) is 0.324. The maximum absolute atomic E-state index is 12.2. The van der Waals surface area contributed by atoms with Gasteiger partial charge in [0.2, 0.25) is 0 Å². The molecule has 5 nitrogen and oxygen atoms in total. The fourth-order valence-electron chi connectivity index (χ4n) is 2.87. The lowest BCUT2D eigenvalue weighted by Crippen LogP contribution is -2.17. The van der Waals surface area contributed by atoms with Crippen LogP contribution >= 0.6 is 0 Å². The van der Waals surface area contributed by atoms with Gasteiger partial charge in [-0.15, -0.1) is 0 Å². The Morgan fingerprint density at radius 1 is 1.08 bits per heavy atom. The first-order valence-corrected chi connectivity index (χ1v) is 10.7. The van der Waals surface area contributed by atoms with Gasteiger partial charge < -0.3 is 4.42 Å². The number of ketones is 1. The van der Waals surface area contributed by atoms with Gasteiger partial charge in [-0.25, -0.2) is 13.2 Å². The Kier molecular flexibility index (Phi) is 6.75. The zero-order valence-electron chi connectivity index (χ0n) is 15.6. The molecule has 0 amide bonds. The number of fused-ring (bicyclic) bond motifs is 1. The standard InChI is InChI=1S/C20H26O5S/c1-14(2)26(23,24)12-6-4-5-7-17(21)13-16-8-10-19-18(15(16)3)9-11-20(22)25-19/h8-11,14H,4-7,12-13H2,1-3H3. The lowest BCUT2D eigenvalue weighted by Gasteiger charge is -2.09. The molecule has 0 saturated carbocycles. The van der Waals surface area contributed by atoms with Crippen molar-refractivity contribution < 1.29 is 17.6 Å². The molecule has 1 heterocycles. The lowest BCUT2D eigenvalue weighted by atomic mass is 9.98. The molecule has 6 heteroatoms. The molecule has 0 radical (unpaired) electrons. The molecule has 0 fully saturated rings. The van der Waals surface area contributed by atoms with Crippen LogP contribution in [0, 0.1) is 6.92 Å². The van der Waals surface area contributed by atoms with E-state index in [2.05, 4.69) is 0 Å². The second-order valence-corrected chi connectivity index (χ2v) is 9.63. The Hall–Kier alpha value is -1.95. The number of sulfone groups is 1. The SMILES string of the molecule is Cc1c(CC(=O)CCCCCS(=O)(=O)C(C)C)ccc2oc(=O)ccc12. The summed E-state index contributed by atoms with van der Waals surface area (Å²) < 4.78 is 28.6. The average Bonchev–Trinajstić information content (AvgIpc) is 2.56. The van der Waals surface area contributed by atoms with Crippen molar-refractivity contribution in [1.82, 2.24) is 0 Å². The third-order valence-electron chi connectivity index (χ3n) is 4.67. The normalized spacial score (nSPS) is 12.0. The van der Waals surface area contributed by atoms with E-state index in [1.807, 2.05) is 13.0 Å². The number of rotatable bonds is 9. The average molecular weight is 378 g/mol. The highest BCUT2D eigenvalue weighted by Gasteiger charge is 2.15. The van der Waals surface area contributed by atoms with Crippen molar-refractivity contribution in [2.24, 2.45) is 0 Å². The van der Waals surface area contributed by atoms with E-state index >= 15 is 0 Å². The molecule has 0 spiro atoms.